The molecule has 1 aliphatic carbocycles. The first-order valence-corrected chi connectivity index (χ1v) is 18.6. The molecule has 12 nitrogen and oxygen atoms in total. The Morgan fingerprint density at radius 1 is 1.12 bits per heavy atom. The maximum atomic E-state index is 14.3. The van der Waals surface area contributed by atoms with Gasteiger partial charge in [-0.25, -0.2) is 9.37 Å². The van der Waals surface area contributed by atoms with Gasteiger partial charge in [0.2, 0.25) is 0 Å². The summed E-state index contributed by atoms with van der Waals surface area (Å²) >= 11 is 0. The Bertz CT molecular complexity index is 1740. The Labute approximate surface area is 299 Å². The Balaban J connectivity index is 0.860. The fraction of sp³-hybridized carbons (Fsp3) is 0.605. The highest BCUT2D eigenvalue weighted by Crippen LogP contribution is 2.52. The number of carbonyl (C=O) groups is 1. The Hall–Kier alpha value is -3.94. The van der Waals surface area contributed by atoms with Crippen molar-refractivity contribution in [3.05, 3.63) is 59.4 Å². The largest absolute Gasteiger partial charge is 0.490 e. The lowest BCUT2D eigenvalue weighted by Crippen LogP contribution is -2.65. The second-order valence-corrected chi connectivity index (χ2v) is 15.4. The van der Waals surface area contributed by atoms with Gasteiger partial charge in [-0.3, -0.25) is 19.6 Å². The van der Waals surface area contributed by atoms with Crippen LogP contribution >= 0.6 is 0 Å². The Morgan fingerprint density at radius 3 is 2.73 bits per heavy atom. The van der Waals surface area contributed by atoms with Crippen LogP contribution in [0.3, 0.4) is 0 Å². The number of hydrogen-bond donors (Lipinski definition) is 0. The van der Waals surface area contributed by atoms with Crippen molar-refractivity contribution in [2.24, 2.45) is 5.41 Å². The van der Waals surface area contributed by atoms with E-state index in [-0.39, 0.29) is 40.7 Å². The third kappa shape index (κ3) is 6.64. The summed E-state index contributed by atoms with van der Waals surface area (Å²) in [5, 5.41) is 8.18. The van der Waals surface area contributed by atoms with Crippen LogP contribution < -0.4 is 14.4 Å². The summed E-state index contributed by atoms with van der Waals surface area (Å²) in [5.41, 5.74) is 3.02. The van der Waals surface area contributed by atoms with E-state index in [1.807, 2.05) is 33.0 Å². The van der Waals surface area contributed by atoms with Crippen LogP contribution in [0.25, 0.3) is 0 Å². The van der Waals surface area contributed by atoms with Crippen molar-refractivity contribution in [1.82, 2.24) is 34.9 Å². The highest BCUT2D eigenvalue weighted by molar-refractivity contribution is 5.97. The molecule has 1 atom stereocenters. The second kappa shape index (κ2) is 13.9. The van der Waals surface area contributed by atoms with Crippen molar-refractivity contribution in [1.29, 1.82) is 0 Å². The molecule has 8 rings (SSSR count). The number of amides is 1. The number of fused-ring (bicyclic) bond motifs is 1. The smallest absolute Gasteiger partial charge is 0.282 e. The average molecular weight is 701 g/mol. The lowest BCUT2D eigenvalue weighted by Gasteiger charge is -2.58. The van der Waals surface area contributed by atoms with E-state index in [9.17, 15) is 9.18 Å². The molecule has 0 radical (unpaired) electrons. The molecule has 0 bridgehead atoms. The molecule has 272 valence electrons. The first-order valence-electron chi connectivity index (χ1n) is 18.6. The number of carbonyl (C=O) groups excluding carboxylic acids is 1. The second-order valence-electron chi connectivity index (χ2n) is 15.4. The van der Waals surface area contributed by atoms with Gasteiger partial charge in [0.05, 0.1) is 12.2 Å². The van der Waals surface area contributed by atoms with Gasteiger partial charge in [-0.2, -0.15) is 0 Å². The van der Waals surface area contributed by atoms with Crippen LogP contribution in [0.5, 0.6) is 17.4 Å². The van der Waals surface area contributed by atoms with Gasteiger partial charge in [-0.1, -0.05) is 0 Å². The van der Waals surface area contributed by atoms with E-state index in [1.54, 1.807) is 4.90 Å². The van der Waals surface area contributed by atoms with Crippen molar-refractivity contribution in [3.63, 3.8) is 0 Å². The van der Waals surface area contributed by atoms with Crippen LogP contribution in [-0.4, -0.2) is 117 Å². The summed E-state index contributed by atoms with van der Waals surface area (Å²) in [6.07, 6.45) is 9.95. The minimum absolute atomic E-state index is 0.0516. The molecular formula is C38H49FN8O4. The zero-order valence-electron chi connectivity index (χ0n) is 30.0. The van der Waals surface area contributed by atoms with Crippen LogP contribution in [0.15, 0.2) is 36.8 Å². The predicted molar refractivity (Wildman–Crippen MR) is 189 cm³/mol. The first kappa shape index (κ1) is 34.2. The molecule has 2 aromatic heterocycles. The molecule has 3 saturated heterocycles. The Morgan fingerprint density at radius 2 is 1.98 bits per heavy atom. The normalized spacial score (nSPS) is 22.8. The third-order valence-corrected chi connectivity index (χ3v) is 11.8. The fourth-order valence-electron chi connectivity index (χ4n) is 8.87. The van der Waals surface area contributed by atoms with E-state index in [4.69, 9.17) is 19.2 Å². The lowest BCUT2D eigenvalue weighted by atomic mass is 9.61. The molecule has 3 aromatic rings. The van der Waals surface area contributed by atoms with Crippen LogP contribution in [-0.2, 0) is 17.7 Å². The third-order valence-electron chi connectivity index (χ3n) is 11.8. The number of ether oxygens (including phenoxy) is 3. The summed E-state index contributed by atoms with van der Waals surface area (Å²) in [4.78, 5) is 31.6. The van der Waals surface area contributed by atoms with Gasteiger partial charge in [-0.15, -0.1) is 10.2 Å². The zero-order valence-corrected chi connectivity index (χ0v) is 30.0. The molecule has 51 heavy (non-hydrogen) atoms. The minimum atomic E-state index is -0.510. The molecule has 1 unspecified atom stereocenters. The molecule has 4 aliphatic heterocycles. The summed E-state index contributed by atoms with van der Waals surface area (Å²) in [7, 11) is 0. The highest BCUT2D eigenvalue weighted by atomic mass is 19.1. The van der Waals surface area contributed by atoms with Crippen molar-refractivity contribution in [3.8, 4) is 17.4 Å². The molecule has 13 heteroatoms. The first-order chi connectivity index (χ1) is 24.7. The van der Waals surface area contributed by atoms with Crippen molar-refractivity contribution >= 4 is 11.7 Å². The molecule has 2 spiro atoms. The molecule has 0 N–H and O–H groups in total. The number of anilines is 1. The monoisotopic (exact) mass is 700 g/mol. The predicted octanol–water partition coefficient (Wildman–Crippen LogP) is 4.73. The number of benzene rings is 1. The number of aromatic nitrogens is 4. The van der Waals surface area contributed by atoms with Crippen LogP contribution in [0.2, 0.25) is 0 Å². The van der Waals surface area contributed by atoms with Crippen LogP contribution in [0.4, 0.5) is 10.2 Å². The van der Waals surface area contributed by atoms with Crippen molar-refractivity contribution in [2.45, 2.75) is 83.5 Å². The van der Waals surface area contributed by atoms with E-state index in [0.717, 1.165) is 77.5 Å². The summed E-state index contributed by atoms with van der Waals surface area (Å²) in [5.74, 6) is 1.14. The molecule has 1 saturated carbocycles. The SMILES string of the molecule is CCN(C(=O)c1cc(F)ccc1Oc1nncnc1N1CC2(CC(Oc3ccnc4c3CN(CCCN3CCC35CCOC5)CC4)C2)C1)C(C)C. The highest BCUT2D eigenvalue weighted by Gasteiger charge is 2.54. The Kier molecular flexibility index (Phi) is 9.30. The van der Waals surface area contributed by atoms with Crippen molar-refractivity contribution < 1.29 is 23.4 Å². The zero-order chi connectivity index (χ0) is 35.2. The summed E-state index contributed by atoms with van der Waals surface area (Å²) in [6, 6.07) is 5.94. The standard InChI is InChI=1S/C38H49FN8O4/c1-4-47(26(2)3)36(48)29-18-27(39)6-7-32(29)51-35-34(41-25-42-43-35)45-22-37(23-45)19-28(20-37)50-33-8-12-40-31-9-15-44(21-30(31)33)13-5-14-46-16-10-38(46)11-17-49-24-38/h6-8,12,18,25-26,28H,4-5,9-11,13-17,19-24H2,1-3H3. The number of pyridine rings is 1. The summed E-state index contributed by atoms with van der Waals surface area (Å²) in [6.45, 7) is 15.0. The van der Waals surface area contributed by atoms with E-state index < -0.39 is 5.82 Å². The number of rotatable bonds is 12. The molecule has 6 heterocycles. The molecular weight excluding hydrogens is 651 g/mol. The van der Waals surface area contributed by atoms with Gasteiger partial charge in [-0.05, 0) is 83.7 Å². The van der Waals surface area contributed by atoms with Crippen molar-refractivity contribution in [2.75, 3.05) is 63.9 Å². The van der Waals surface area contributed by atoms with E-state index >= 15 is 0 Å². The molecule has 4 fully saturated rings. The van der Waals surface area contributed by atoms with E-state index in [2.05, 4.69) is 29.9 Å². The van der Waals surface area contributed by atoms with E-state index in [1.165, 1.54) is 61.6 Å². The van der Waals surface area contributed by atoms with Gasteiger partial charge >= 0.3 is 0 Å². The van der Waals surface area contributed by atoms with Gasteiger partial charge < -0.3 is 24.0 Å². The van der Waals surface area contributed by atoms with Gasteiger partial charge in [0.1, 0.15) is 29.7 Å². The van der Waals surface area contributed by atoms with E-state index in [0.29, 0.717) is 17.9 Å². The number of hydrogen-bond acceptors (Lipinski definition) is 11. The molecule has 1 aromatic carbocycles. The lowest BCUT2D eigenvalue weighted by molar-refractivity contribution is -0.0354. The minimum Gasteiger partial charge on any atom is -0.490 e. The molecule has 5 aliphatic rings. The van der Waals surface area contributed by atoms with Gasteiger partial charge in [0, 0.05) is 93.3 Å². The number of halogens is 1. The van der Waals surface area contributed by atoms with Gasteiger partial charge in [0.25, 0.3) is 11.8 Å². The number of likely N-dealkylation sites (tertiary alicyclic amines) is 1. The maximum absolute atomic E-state index is 14.3. The van der Waals surface area contributed by atoms with Crippen LogP contribution in [0.1, 0.15) is 74.5 Å². The average Bonchev–Trinajstić information content (AvgIpc) is 3.61. The fourth-order valence-corrected chi connectivity index (χ4v) is 8.87. The van der Waals surface area contributed by atoms with Gasteiger partial charge in [0.15, 0.2) is 5.82 Å². The summed E-state index contributed by atoms with van der Waals surface area (Å²) < 4.78 is 32.9. The quantitative estimate of drug-likeness (QED) is 0.262. The van der Waals surface area contributed by atoms with Crippen LogP contribution in [0, 0.1) is 11.2 Å². The number of nitrogens with zero attached hydrogens (tertiary/aromatic N) is 8. The topological polar surface area (TPSA) is 109 Å². The molecule has 1 amide bonds. The maximum Gasteiger partial charge on any atom is 0.282 e.